The van der Waals surface area contributed by atoms with Crippen molar-refractivity contribution in [1.29, 1.82) is 0 Å². The third-order valence-corrected chi connectivity index (χ3v) is 5.64. The molecule has 0 bridgehead atoms. The first-order chi connectivity index (χ1) is 14.7. The first-order valence-electron chi connectivity index (χ1n) is 9.24. The molecule has 1 aromatic rings. The summed E-state index contributed by atoms with van der Waals surface area (Å²) in [6, 6.07) is 6.07. The summed E-state index contributed by atoms with van der Waals surface area (Å²) in [6.07, 6.45) is -3.09. The van der Waals surface area contributed by atoms with Crippen LogP contribution in [0.5, 0.6) is 0 Å². The lowest BCUT2D eigenvalue weighted by Crippen LogP contribution is -2.59. The van der Waals surface area contributed by atoms with Crippen LogP contribution < -0.4 is 0 Å². The van der Waals surface area contributed by atoms with Crippen molar-refractivity contribution < 1.29 is 33.3 Å². The van der Waals surface area contributed by atoms with Crippen molar-refractivity contribution in [3.05, 3.63) is 45.3 Å². The lowest BCUT2D eigenvalue weighted by molar-refractivity contribution is -0.201. The molecule has 0 unspecified atom stereocenters. The first kappa shape index (κ1) is 24.8. The van der Waals surface area contributed by atoms with Crippen molar-refractivity contribution in [1.82, 2.24) is 0 Å². The van der Waals surface area contributed by atoms with Gasteiger partial charge < -0.3 is 18.9 Å². The number of rotatable bonds is 8. The molecule has 0 aromatic heterocycles. The van der Waals surface area contributed by atoms with Crippen LogP contribution in [0.2, 0.25) is 5.02 Å². The maximum Gasteiger partial charge on any atom is 0.303 e. The van der Waals surface area contributed by atoms with E-state index in [4.69, 9.17) is 36.1 Å². The van der Waals surface area contributed by atoms with Gasteiger partial charge in [-0.25, -0.2) is 0 Å². The number of hydrogen-bond donors (Lipinski definition) is 0. The summed E-state index contributed by atoms with van der Waals surface area (Å²) in [6.45, 7) is 3.37. The molecule has 0 spiro atoms. The maximum atomic E-state index is 11.7. The van der Waals surface area contributed by atoms with Gasteiger partial charge in [-0.1, -0.05) is 28.8 Å². The predicted molar refractivity (Wildman–Crippen MR) is 112 cm³/mol. The summed E-state index contributed by atoms with van der Waals surface area (Å²) >= 11 is 7.20. The Hall–Kier alpha value is -2.46. The fourth-order valence-corrected chi connectivity index (χ4v) is 4.27. The Morgan fingerprint density at radius 2 is 1.71 bits per heavy atom. The van der Waals surface area contributed by atoms with Crippen LogP contribution in [0.4, 0.5) is 0 Å². The highest BCUT2D eigenvalue weighted by Gasteiger charge is 2.49. The number of azide groups is 1. The van der Waals surface area contributed by atoms with Gasteiger partial charge in [-0.05, 0) is 23.2 Å². The van der Waals surface area contributed by atoms with Crippen LogP contribution in [-0.4, -0.2) is 54.3 Å². The second-order valence-electron chi connectivity index (χ2n) is 6.63. The molecule has 12 heteroatoms. The molecular formula is C19H22ClN3O7S. The van der Waals surface area contributed by atoms with Crippen LogP contribution in [0.25, 0.3) is 10.4 Å². The second-order valence-corrected chi connectivity index (χ2v) is 8.15. The van der Waals surface area contributed by atoms with E-state index in [-0.39, 0.29) is 6.61 Å². The maximum absolute atomic E-state index is 11.7. The smallest absolute Gasteiger partial charge is 0.303 e. The van der Waals surface area contributed by atoms with Crippen molar-refractivity contribution in [2.24, 2.45) is 5.11 Å². The summed E-state index contributed by atoms with van der Waals surface area (Å²) in [5.74, 6) is -1.38. The van der Waals surface area contributed by atoms with E-state index in [0.29, 0.717) is 10.8 Å². The number of thioether (sulfide) groups is 1. The van der Waals surface area contributed by atoms with Crippen LogP contribution in [0.1, 0.15) is 26.3 Å². The minimum atomic E-state index is -1.12. The monoisotopic (exact) mass is 471 g/mol. The van der Waals surface area contributed by atoms with Crippen LogP contribution in [0.3, 0.4) is 0 Å². The molecule has 1 aromatic carbocycles. The van der Waals surface area contributed by atoms with Crippen molar-refractivity contribution in [2.75, 3.05) is 6.61 Å². The molecule has 0 saturated carbocycles. The zero-order chi connectivity index (χ0) is 23.0. The van der Waals surface area contributed by atoms with Gasteiger partial charge in [0.05, 0.1) is 0 Å². The van der Waals surface area contributed by atoms with Gasteiger partial charge in [0.2, 0.25) is 0 Å². The van der Waals surface area contributed by atoms with E-state index < -0.39 is 47.7 Å². The highest BCUT2D eigenvalue weighted by Crippen LogP contribution is 2.35. The zero-order valence-corrected chi connectivity index (χ0v) is 18.7. The number of halogens is 1. The summed E-state index contributed by atoms with van der Waals surface area (Å²) in [4.78, 5) is 37.5. The Morgan fingerprint density at radius 1 is 1.10 bits per heavy atom. The number of hydrogen-bond acceptors (Lipinski definition) is 9. The summed E-state index contributed by atoms with van der Waals surface area (Å²) in [7, 11) is 0. The Labute approximate surface area is 188 Å². The number of nitrogens with zero attached hydrogens (tertiary/aromatic N) is 3. The fourth-order valence-electron chi connectivity index (χ4n) is 2.97. The normalized spacial score (nSPS) is 25.1. The number of ether oxygens (including phenoxy) is 4. The van der Waals surface area contributed by atoms with Gasteiger partial charge in [0.15, 0.2) is 0 Å². The minimum Gasteiger partial charge on any atom is -0.463 e. The SMILES string of the molecule is CC(=O)OC[C@H]1O[C@H](SCc2ccc(Cl)cc2)[C@H](OC(C)=O)[C@@H](N=[N+]=[N-])[C@H]1OC(C)=O. The molecule has 5 atom stereocenters. The Bertz CT molecular complexity index is 847. The third-order valence-electron chi connectivity index (χ3n) is 4.18. The second kappa shape index (κ2) is 11.8. The van der Waals surface area contributed by atoms with E-state index in [1.54, 1.807) is 12.1 Å². The van der Waals surface area contributed by atoms with Crippen LogP contribution in [-0.2, 0) is 39.1 Å². The molecule has 31 heavy (non-hydrogen) atoms. The number of esters is 3. The van der Waals surface area contributed by atoms with Crippen molar-refractivity contribution >= 4 is 41.3 Å². The molecular weight excluding hydrogens is 450 g/mol. The highest BCUT2D eigenvalue weighted by atomic mass is 35.5. The van der Waals surface area contributed by atoms with E-state index in [0.717, 1.165) is 5.56 Å². The lowest BCUT2D eigenvalue weighted by Gasteiger charge is -2.43. The molecule has 1 aliphatic rings. The standard InChI is InChI=1S/C19H22ClN3O7S/c1-10(24)27-8-15-17(28-11(2)25)16(22-23-21)18(29-12(3)26)19(30-15)31-9-13-4-6-14(20)7-5-13/h4-7,15-19H,8-9H2,1-3H3/t15-,16+,17+,18-,19-/m1/s1. The molecule has 0 N–H and O–H groups in total. The van der Waals surface area contributed by atoms with E-state index in [1.807, 2.05) is 12.1 Å². The van der Waals surface area contributed by atoms with Gasteiger partial charge >= 0.3 is 17.9 Å². The molecule has 10 nitrogen and oxygen atoms in total. The molecule has 1 saturated heterocycles. The Kier molecular flexibility index (Phi) is 9.44. The topological polar surface area (TPSA) is 137 Å². The largest absolute Gasteiger partial charge is 0.463 e. The molecule has 1 fully saturated rings. The Balaban J connectivity index is 2.33. The van der Waals surface area contributed by atoms with Gasteiger partial charge in [0, 0.05) is 36.5 Å². The summed E-state index contributed by atoms with van der Waals surface area (Å²) in [5.41, 5.74) is 9.22. The average molecular weight is 472 g/mol. The zero-order valence-electron chi connectivity index (χ0n) is 17.1. The Morgan fingerprint density at radius 3 is 2.26 bits per heavy atom. The van der Waals surface area contributed by atoms with Gasteiger partial charge in [0.1, 0.15) is 36.4 Å². The average Bonchev–Trinajstić information content (AvgIpc) is 2.69. The number of carbonyl (C=O) groups is 3. The molecule has 0 radical (unpaired) electrons. The molecule has 1 heterocycles. The minimum absolute atomic E-state index is 0.241. The predicted octanol–water partition coefficient (Wildman–Crippen LogP) is 3.40. The van der Waals surface area contributed by atoms with E-state index in [1.165, 1.54) is 32.5 Å². The van der Waals surface area contributed by atoms with E-state index >= 15 is 0 Å². The summed E-state index contributed by atoms with van der Waals surface area (Å²) in [5, 5.41) is 4.31. The molecule has 168 valence electrons. The number of carbonyl (C=O) groups excluding carboxylic acids is 3. The van der Waals surface area contributed by atoms with Gasteiger partial charge in [-0.2, -0.15) is 0 Å². The van der Waals surface area contributed by atoms with Crippen molar-refractivity contribution in [3.8, 4) is 0 Å². The fraction of sp³-hybridized carbons (Fsp3) is 0.526. The third kappa shape index (κ3) is 7.62. The van der Waals surface area contributed by atoms with E-state index in [9.17, 15) is 14.4 Å². The first-order valence-corrected chi connectivity index (χ1v) is 10.7. The molecule has 2 rings (SSSR count). The van der Waals surface area contributed by atoms with Crippen LogP contribution >= 0.6 is 23.4 Å². The van der Waals surface area contributed by atoms with Gasteiger partial charge in [0.25, 0.3) is 0 Å². The highest BCUT2D eigenvalue weighted by molar-refractivity contribution is 7.99. The van der Waals surface area contributed by atoms with E-state index in [2.05, 4.69) is 10.0 Å². The van der Waals surface area contributed by atoms with Crippen LogP contribution in [0, 0.1) is 0 Å². The van der Waals surface area contributed by atoms with Gasteiger partial charge in [-0.15, -0.1) is 11.8 Å². The lowest BCUT2D eigenvalue weighted by atomic mass is 9.97. The van der Waals surface area contributed by atoms with Crippen molar-refractivity contribution in [3.63, 3.8) is 0 Å². The van der Waals surface area contributed by atoms with Gasteiger partial charge in [-0.3, -0.25) is 14.4 Å². The molecule has 0 aliphatic carbocycles. The quantitative estimate of drug-likeness (QED) is 0.185. The van der Waals surface area contributed by atoms with Crippen LogP contribution in [0.15, 0.2) is 29.4 Å². The van der Waals surface area contributed by atoms with Crippen molar-refractivity contribution in [2.45, 2.75) is 56.3 Å². The molecule has 1 aliphatic heterocycles. The molecule has 0 amide bonds. The number of benzene rings is 1. The summed E-state index contributed by atoms with van der Waals surface area (Å²) < 4.78 is 21.7.